The van der Waals surface area contributed by atoms with Gasteiger partial charge in [0.15, 0.2) is 11.5 Å². The lowest BCUT2D eigenvalue weighted by atomic mass is 10.00. The van der Waals surface area contributed by atoms with Crippen molar-refractivity contribution in [2.45, 2.75) is 39.2 Å². The monoisotopic (exact) mass is 472 g/mol. The number of carbonyl (C=O) groups is 1. The summed E-state index contributed by atoms with van der Waals surface area (Å²) in [5.41, 5.74) is 5.82. The molecule has 1 N–H and O–H groups in total. The number of aromatic nitrogens is 1. The van der Waals surface area contributed by atoms with Gasteiger partial charge in [-0.2, -0.15) is 0 Å². The molecule has 0 atom stereocenters. The highest BCUT2D eigenvalue weighted by Crippen LogP contribution is 2.33. The molecule has 3 aromatic rings. The molecule has 182 valence electrons. The van der Waals surface area contributed by atoms with Crippen molar-refractivity contribution >= 4 is 23.4 Å². The second-order valence-electron chi connectivity index (χ2n) is 8.44. The van der Waals surface area contributed by atoms with E-state index < -0.39 is 0 Å². The highest BCUT2D eigenvalue weighted by atomic mass is 16.5. The minimum absolute atomic E-state index is 0.310. The average Bonchev–Trinajstić information content (AvgIpc) is 3.09. The quantitative estimate of drug-likeness (QED) is 0.313. The number of allylic oxidation sites excluding steroid dienone is 1. The van der Waals surface area contributed by atoms with Gasteiger partial charge in [-0.1, -0.05) is 36.4 Å². The van der Waals surface area contributed by atoms with E-state index in [1.165, 1.54) is 5.57 Å². The molecule has 0 bridgehead atoms. The molecule has 6 nitrogen and oxygen atoms in total. The topological polar surface area (TPSA) is 69.7 Å². The lowest BCUT2D eigenvalue weighted by Gasteiger charge is -2.17. The molecule has 4 rings (SSSR count). The van der Waals surface area contributed by atoms with Crippen LogP contribution in [0.15, 0.2) is 54.6 Å². The van der Waals surface area contributed by atoms with Crippen molar-refractivity contribution in [3.05, 3.63) is 82.5 Å². The van der Waals surface area contributed by atoms with Crippen molar-refractivity contribution in [2.75, 3.05) is 26.1 Å². The first-order chi connectivity index (χ1) is 17.1. The van der Waals surface area contributed by atoms with Gasteiger partial charge in [0.05, 0.1) is 26.5 Å². The summed E-state index contributed by atoms with van der Waals surface area (Å²) in [5, 5.41) is 3.38. The number of ether oxygens (including phenoxy) is 3. The van der Waals surface area contributed by atoms with Crippen molar-refractivity contribution in [3.8, 4) is 11.5 Å². The summed E-state index contributed by atoms with van der Waals surface area (Å²) in [6, 6.07) is 18.0. The van der Waals surface area contributed by atoms with E-state index in [-0.39, 0.29) is 5.97 Å². The van der Waals surface area contributed by atoms with E-state index in [2.05, 4.69) is 23.5 Å². The maximum atomic E-state index is 12.9. The summed E-state index contributed by atoms with van der Waals surface area (Å²) >= 11 is 0. The third-order valence-electron chi connectivity index (χ3n) is 6.09. The Hall–Kier alpha value is -3.80. The molecule has 0 saturated carbocycles. The first-order valence-corrected chi connectivity index (χ1v) is 12.0. The predicted octanol–water partition coefficient (Wildman–Crippen LogP) is 6.15. The number of esters is 1. The number of methoxy groups -OCH3 is 2. The highest BCUT2D eigenvalue weighted by molar-refractivity contribution is 5.96. The van der Waals surface area contributed by atoms with Crippen LogP contribution in [0.2, 0.25) is 0 Å². The maximum absolute atomic E-state index is 12.9. The minimum Gasteiger partial charge on any atom is -0.493 e. The second-order valence-corrected chi connectivity index (χ2v) is 8.44. The van der Waals surface area contributed by atoms with Gasteiger partial charge >= 0.3 is 5.97 Å². The Balaban J connectivity index is 1.72. The first-order valence-electron chi connectivity index (χ1n) is 12.0. The third kappa shape index (κ3) is 5.83. The number of nitrogens with zero attached hydrogens (tertiary/aromatic N) is 1. The zero-order chi connectivity index (χ0) is 24.6. The lowest BCUT2D eigenvalue weighted by Crippen LogP contribution is -2.14. The smallest absolute Gasteiger partial charge is 0.341 e. The van der Waals surface area contributed by atoms with Crippen molar-refractivity contribution in [2.24, 2.45) is 0 Å². The van der Waals surface area contributed by atoms with E-state index in [1.54, 1.807) is 14.2 Å². The van der Waals surface area contributed by atoms with E-state index in [4.69, 9.17) is 19.2 Å². The molecule has 0 unspecified atom stereocenters. The second kappa shape index (κ2) is 11.6. The molecule has 1 aliphatic rings. The Morgan fingerprint density at radius 3 is 2.51 bits per heavy atom. The number of fused-ring (bicyclic) bond motifs is 1. The maximum Gasteiger partial charge on any atom is 0.341 e. The number of benzene rings is 2. The molecular formula is C29H32N2O4. The van der Waals surface area contributed by atoms with Gasteiger partial charge in [0.1, 0.15) is 11.4 Å². The van der Waals surface area contributed by atoms with Crippen molar-refractivity contribution < 1.29 is 19.0 Å². The number of rotatable bonds is 8. The van der Waals surface area contributed by atoms with Gasteiger partial charge in [-0.25, -0.2) is 9.78 Å². The van der Waals surface area contributed by atoms with Crippen molar-refractivity contribution in [1.82, 2.24) is 4.98 Å². The molecule has 1 aliphatic carbocycles. The predicted molar refractivity (Wildman–Crippen MR) is 139 cm³/mol. The van der Waals surface area contributed by atoms with Crippen LogP contribution in [-0.2, 0) is 17.7 Å². The van der Waals surface area contributed by atoms with E-state index in [9.17, 15) is 4.79 Å². The van der Waals surface area contributed by atoms with Crippen LogP contribution in [0.5, 0.6) is 11.5 Å². The average molecular weight is 473 g/mol. The van der Waals surface area contributed by atoms with Gasteiger partial charge in [-0.05, 0) is 79.1 Å². The highest BCUT2D eigenvalue weighted by Gasteiger charge is 2.22. The first kappa shape index (κ1) is 24.3. The van der Waals surface area contributed by atoms with Crippen LogP contribution in [0.4, 0.5) is 5.82 Å². The summed E-state index contributed by atoms with van der Waals surface area (Å²) in [5.74, 6) is 1.48. The standard InChI is InChI=1S/C29H32N2O4/c1-4-35-29(32)24-18-23-13-9-8-12-22(16-20-10-6-5-7-11-20)27(23)31-28(24)30-19-21-14-15-25(33-2)26(17-21)34-3/h5-7,10-11,14-18H,4,8-9,12-13,19H2,1-3H3,(H,30,31)/b22-16-. The Morgan fingerprint density at radius 2 is 1.77 bits per heavy atom. The zero-order valence-corrected chi connectivity index (χ0v) is 20.6. The van der Waals surface area contributed by atoms with Gasteiger partial charge in [-0.15, -0.1) is 0 Å². The molecule has 35 heavy (non-hydrogen) atoms. The van der Waals surface area contributed by atoms with Crippen molar-refractivity contribution in [3.63, 3.8) is 0 Å². The largest absolute Gasteiger partial charge is 0.493 e. The van der Waals surface area contributed by atoms with Gasteiger partial charge in [0, 0.05) is 6.54 Å². The lowest BCUT2D eigenvalue weighted by molar-refractivity contribution is 0.0527. The normalized spacial score (nSPS) is 14.1. The molecule has 0 fully saturated rings. The Bertz CT molecular complexity index is 1200. The molecule has 2 aromatic carbocycles. The number of hydrogen-bond acceptors (Lipinski definition) is 6. The molecule has 1 aromatic heterocycles. The minimum atomic E-state index is -0.365. The number of nitrogens with one attached hydrogen (secondary N) is 1. The molecule has 0 spiro atoms. The summed E-state index contributed by atoms with van der Waals surface area (Å²) in [6.07, 6.45) is 6.18. The fourth-order valence-electron chi connectivity index (χ4n) is 4.34. The third-order valence-corrected chi connectivity index (χ3v) is 6.09. The van der Waals surface area contributed by atoms with Crippen LogP contribution in [-0.4, -0.2) is 31.8 Å². The summed E-state index contributed by atoms with van der Waals surface area (Å²) < 4.78 is 16.1. The van der Waals surface area contributed by atoms with Gasteiger partial charge < -0.3 is 19.5 Å². The fourth-order valence-corrected chi connectivity index (χ4v) is 4.34. The van der Waals surface area contributed by atoms with E-state index in [0.717, 1.165) is 48.1 Å². The molecule has 0 radical (unpaired) electrons. The number of hydrogen-bond donors (Lipinski definition) is 1. The molecule has 1 heterocycles. The van der Waals surface area contributed by atoms with Crippen LogP contribution in [0, 0.1) is 0 Å². The molecule has 0 aliphatic heterocycles. The molecule has 6 heteroatoms. The Labute approximate surface area is 207 Å². The van der Waals surface area contributed by atoms with Gasteiger partial charge in [0.2, 0.25) is 0 Å². The number of anilines is 1. The number of pyridine rings is 1. The Morgan fingerprint density at radius 1 is 1.00 bits per heavy atom. The summed E-state index contributed by atoms with van der Waals surface area (Å²) in [7, 11) is 3.23. The van der Waals surface area contributed by atoms with E-state index >= 15 is 0 Å². The van der Waals surface area contributed by atoms with Crippen LogP contribution in [0.25, 0.3) is 11.6 Å². The fraction of sp³-hybridized carbons (Fsp3) is 0.310. The van der Waals surface area contributed by atoms with Crippen LogP contribution >= 0.6 is 0 Å². The SMILES string of the molecule is CCOC(=O)c1cc2c(nc1NCc1ccc(OC)c(OC)c1)/C(=C\c1ccccc1)CCCC2. The molecular weight excluding hydrogens is 440 g/mol. The Kier molecular flexibility index (Phi) is 8.03. The van der Waals surface area contributed by atoms with Crippen LogP contribution < -0.4 is 14.8 Å². The number of aryl methyl sites for hydroxylation is 1. The van der Waals surface area contributed by atoms with Crippen molar-refractivity contribution in [1.29, 1.82) is 0 Å². The van der Waals surface area contributed by atoms with E-state index in [0.29, 0.717) is 36.0 Å². The molecule has 0 amide bonds. The van der Waals surface area contributed by atoms with Crippen LogP contribution in [0.1, 0.15) is 58.9 Å². The van der Waals surface area contributed by atoms with Gasteiger partial charge in [0.25, 0.3) is 0 Å². The summed E-state index contributed by atoms with van der Waals surface area (Å²) in [6.45, 7) is 2.59. The van der Waals surface area contributed by atoms with E-state index in [1.807, 2.05) is 49.4 Å². The van der Waals surface area contributed by atoms with Crippen LogP contribution in [0.3, 0.4) is 0 Å². The van der Waals surface area contributed by atoms with Gasteiger partial charge in [-0.3, -0.25) is 0 Å². The number of carbonyl (C=O) groups excluding carboxylic acids is 1. The zero-order valence-electron chi connectivity index (χ0n) is 20.6. The summed E-state index contributed by atoms with van der Waals surface area (Å²) in [4.78, 5) is 17.9. The molecule has 0 saturated heterocycles.